The fraction of sp³-hybridized carbons (Fsp3) is 0.939. The van der Waals surface area contributed by atoms with Crippen LogP contribution in [0.4, 0.5) is 0 Å². The number of rotatable bonds is 32. The van der Waals surface area contributed by atoms with Crippen molar-refractivity contribution in [2.45, 2.75) is 138 Å². The fourth-order valence-corrected chi connectivity index (χ4v) is 5.76. The highest BCUT2D eigenvalue weighted by Gasteiger charge is 2.82. The van der Waals surface area contributed by atoms with E-state index in [1.165, 1.54) is 0 Å². The standard InChI is InChI=1S/C33H64O13/c1-10-19-21-26-46-33(44-17-8,45-18-9)32(42-15-6,43-16-7)30(28(36)37,24-22-23-27(34)35)31(40-13-4,41-14-5)29(38-12-3)39-25-20-11-2/h29H,10-26H2,1-9H3,(H,34,35)(H,36,37). The molecule has 0 spiro atoms. The third-order valence-corrected chi connectivity index (χ3v) is 7.38. The Balaban J connectivity index is 8.57. The van der Waals surface area contributed by atoms with Crippen LogP contribution in [0.1, 0.15) is 114 Å². The molecule has 46 heavy (non-hydrogen) atoms. The van der Waals surface area contributed by atoms with Gasteiger partial charge in [-0.1, -0.05) is 33.1 Å². The first kappa shape index (κ1) is 44.6. The molecule has 0 saturated heterocycles. The molecular weight excluding hydrogens is 604 g/mol. The van der Waals surface area contributed by atoms with Gasteiger partial charge in [0, 0.05) is 59.3 Å². The Labute approximate surface area is 276 Å². The van der Waals surface area contributed by atoms with Crippen LogP contribution in [0.3, 0.4) is 0 Å². The van der Waals surface area contributed by atoms with Crippen molar-refractivity contribution >= 4 is 11.9 Å². The molecule has 2 N–H and O–H groups in total. The van der Waals surface area contributed by atoms with Gasteiger partial charge >= 0.3 is 17.9 Å². The predicted octanol–water partition coefficient (Wildman–Crippen LogP) is 5.96. The summed E-state index contributed by atoms with van der Waals surface area (Å²) < 4.78 is 57.6. The van der Waals surface area contributed by atoms with Crippen LogP contribution < -0.4 is 0 Å². The van der Waals surface area contributed by atoms with Crippen LogP contribution in [0.15, 0.2) is 0 Å². The van der Waals surface area contributed by atoms with Crippen LogP contribution in [0, 0.1) is 5.41 Å². The summed E-state index contributed by atoms with van der Waals surface area (Å²) in [5.41, 5.74) is -2.49. The van der Waals surface area contributed by atoms with Gasteiger partial charge < -0.3 is 52.8 Å². The van der Waals surface area contributed by atoms with E-state index in [0.717, 1.165) is 19.3 Å². The maximum absolute atomic E-state index is 14.4. The second-order valence-corrected chi connectivity index (χ2v) is 10.5. The van der Waals surface area contributed by atoms with E-state index in [-0.39, 0.29) is 72.3 Å². The van der Waals surface area contributed by atoms with Crippen LogP contribution in [-0.2, 0) is 52.2 Å². The first-order chi connectivity index (χ1) is 22.1. The van der Waals surface area contributed by atoms with E-state index >= 15 is 0 Å². The molecule has 0 aromatic rings. The summed E-state index contributed by atoms with van der Waals surface area (Å²) in [5.74, 6) is -9.68. The summed E-state index contributed by atoms with van der Waals surface area (Å²) in [6.45, 7) is 16.1. The molecule has 0 aromatic carbocycles. The van der Waals surface area contributed by atoms with E-state index in [1.807, 2.05) is 13.8 Å². The summed E-state index contributed by atoms with van der Waals surface area (Å²) in [5, 5.41) is 21.4. The summed E-state index contributed by atoms with van der Waals surface area (Å²) in [4.78, 5) is 26.3. The van der Waals surface area contributed by atoms with Crippen molar-refractivity contribution in [3.63, 3.8) is 0 Å². The lowest BCUT2D eigenvalue weighted by atomic mass is 9.65. The first-order valence-corrected chi connectivity index (χ1v) is 17.2. The zero-order valence-electron chi connectivity index (χ0n) is 30.0. The molecule has 0 bridgehead atoms. The minimum atomic E-state index is -2.49. The van der Waals surface area contributed by atoms with E-state index in [9.17, 15) is 19.8 Å². The van der Waals surface area contributed by atoms with Crippen LogP contribution in [-0.4, -0.2) is 105 Å². The number of unbranched alkanes of at least 4 members (excludes halogenated alkanes) is 3. The maximum Gasteiger partial charge on any atom is 0.342 e. The van der Waals surface area contributed by atoms with Gasteiger partial charge in [0.2, 0.25) is 12.1 Å². The van der Waals surface area contributed by atoms with Gasteiger partial charge in [-0.05, 0) is 74.1 Å². The van der Waals surface area contributed by atoms with Crippen molar-refractivity contribution in [2.24, 2.45) is 5.41 Å². The fourth-order valence-electron chi connectivity index (χ4n) is 5.76. The van der Waals surface area contributed by atoms with Crippen LogP contribution in [0.25, 0.3) is 0 Å². The smallest absolute Gasteiger partial charge is 0.342 e. The largest absolute Gasteiger partial charge is 0.481 e. The summed E-state index contributed by atoms with van der Waals surface area (Å²) in [6, 6.07) is 0. The van der Waals surface area contributed by atoms with E-state index < -0.39 is 47.6 Å². The van der Waals surface area contributed by atoms with Gasteiger partial charge in [-0.3, -0.25) is 9.59 Å². The van der Waals surface area contributed by atoms with Gasteiger partial charge in [0.1, 0.15) is 0 Å². The topological polar surface area (TPSA) is 158 Å². The minimum absolute atomic E-state index is 0.0126. The van der Waals surface area contributed by atoms with E-state index in [0.29, 0.717) is 12.8 Å². The highest BCUT2D eigenvalue weighted by Crippen LogP contribution is 2.59. The molecule has 0 radical (unpaired) electrons. The molecule has 0 aromatic heterocycles. The van der Waals surface area contributed by atoms with Gasteiger partial charge in [-0.15, -0.1) is 0 Å². The Morgan fingerprint density at radius 1 is 0.565 bits per heavy atom. The van der Waals surface area contributed by atoms with Gasteiger partial charge in [-0.25, -0.2) is 0 Å². The Kier molecular flexibility index (Phi) is 23.1. The predicted molar refractivity (Wildman–Crippen MR) is 171 cm³/mol. The zero-order valence-corrected chi connectivity index (χ0v) is 30.0. The lowest BCUT2D eigenvalue weighted by Crippen LogP contribution is -2.81. The summed E-state index contributed by atoms with van der Waals surface area (Å²) in [6.07, 6.45) is 1.40. The highest BCUT2D eigenvalue weighted by molar-refractivity contribution is 5.78. The third kappa shape index (κ3) is 10.5. The zero-order chi connectivity index (χ0) is 35.1. The SMILES string of the molecule is CCCCCOC(OCC)(OCC)C(OCC)(OCC)C(CCCC(=O)O)(C(=O)O)C(OCC)(OCC)C(OCC)OCCCC. The number of carboxylic acid groups (broad SMARTS) is 2. The Bertz CT molecular complexity index is 790. The second-order valence-electron chi connectivity index (χ2n) is 10.5. The quantitative estimate of drug-likeness (QED) is 0.0639. The normalized spacial score (nSPS) is 14.7. The van der Waals surface area contributed by atoms with E-state index in [4.69, 9.17) is 42.6 Å². The molecule has 0 aliphatic heterocycles. The van der Waals surface area contributed by atoms with Crippen LogP contribution >= 0.6 is 0 Å². The molecule has 2 unspecified atom stereocenters. The Morgan fingerprint density at radius 3 is 1.50 bits per heavy atom. The molecule has 13 nitrogen and oxygen atoms in total. The minimum Gasteiger partial charge on any atom is -0.481 e. The summed E-state index contributed by atoms with van der Waals surface area (Å²) >= 11 is 0. The van der Waals surface area contributed by atoms with Crippen molar-refractivity contribution in [1.82, 2.24) is 0 Å². The van der Waals surface area contributed by atoms with Gasteiger partial charge in [0.15, 0.2) is 5.41 Å². The molecule has 0 saturated carbocycles. The number of ether oxygens (including phenoxy) is 9. The lowest BCUT2D eigenvalue weighted by Gasteiger charge is -2.60. The molecule has 0 heterocycles. The Morgan fingerprint density at radius 2 is 1.09 bits per heavy atom. The van der Waals surface area contributed by atoms with Crippen LogP contribution in [0.2, 0.25) is 0 Å². The van der Waals surface area contributed by atoms with Crippen molar-refractivity contribution in [3.8, 4) is 0 Å². The van der Waals surface area contributed by atoms with Crippen molar-refractivity contribution in [3.05, 3.63) is 0 Å². The van der Waals surface area contributed by atoms with Gasteiger partial charge in [0.25, 0.3) is 5.79 Å². The molecule has 0 aliphatic carbocycles. The van der Waals surface area contributed by atoms with E-state index in [1.54, 1.807) is 48.5 Å². The number of carbonyl (C=O) groups is 2. The molecule has 274 valence electrons. The molecular formula is C33H64O13. The number of carboxylic acids is 2. The van der Waals surface area contributed by atoms with E-state index in [2.05, 4.69) is 0 Å². The summed E-state index contributed by atoms with van der Waals surface area (Å²) in [7, 11) is 0. The highest BCUT2D eigenvalue weighted by atomic mass is 16.9. The molecule has 13 heteroatoms. The molecule has 0 aliphatic rings. The number of aliphatic carboxylic acids is 2. The van der Waals surface area contributed by atoms with Crippen molar-refractivity contribution in [1.29, 1.82) is 0 Å². The first-order valence-electron chi connectivity index (χ1n) is 17.2. The average molecular weight is 669 g/mol. The maximum atomic E-state index is 14.4. The second kappa shape index (κ2) is 23.8. The van der Waals surface area contributed by atoms with Crippen LogP contribution in [0.5, 0.6) is 0 Å². The van der Waals surface area contributed by atoms with Gasteiger partial charge in [-0.2, -0.15) is 0 Å². The van der Waals surface area contributed by atoms with Gasteiger partial charge in [0.05, 0.1) is 6.61 Å². The molecule has 0 rings (SSSR count). The molecule has 0 amide bonds. The Hall–Kier alpha value is -1.42. The average Bonchev–Trinajstić information content (AvgIpc) is 3.00. The molecule has 0 fully saturated rings. The van der Waals surface area contributed by atoms with Crippen molar-refractivity contribution in [2.75, 3.05) is 59.5 Å². The number of hydrogen-bond acceptors (Lipinski definition) is 11. The lowest BCUT2D eigenvalue weighted by molar-refractivity contribution is -0.543. The molecule has 2 atom stereocenters. The monoisotopic (exact) mass is 668 g/mol. The van der Waals surface area contributed by atoms with Crippen molar-refractivity contribution < 1.29 is 62.4 Å². The number of hydrogen-bond donors (Lipinski definition) is 2. The third-order valence-electron chi connectivity index (χ3n) is 7.38.